The van der Waals surface area contributed by atoms with Crippen molar-refractivity contribution in [2.75, 3.05) is 20.8 Å². The molecule has 0 amide bonds. The van der Waals surface area contributed by atoms with Gasteiger partial charge in [0.15, 0.2) is 11.5 Å². The number of methoxy groups -OCH3 is 2. The van der Waals surface area contributed by atoms with Gasteiger partial charge in [0.1, 0.15) is 0 Å². The molecule has 1 aliphatic rings. The first-order chi connectivity index (χ1) is 14.8. The summed E-state index contributed by atoms with van der Waals surface area (Å²) < 4.78 is 20.3. The second-order valence-electron chi connectivity index (χ2n) is 7.14. The van der Waals surface area contributed by atoms with E-state index in [1.807, 2.05) is 19.1 Å². The number of aliphatic hydroxyl groups excluding tert-OH is 1. The molecule has 2 aromatic carbocycles. The molecule has 9 heteroatoms. The van der Waals surface area contributed by atoms with E-state index in [2.05, 4.69) is 14.8 Å². The summed E-state index contributed by atoms with van der Waals surface area (Å²) in [5, 5.41) is 14.2. The monoisotopic (exact) mass is 449 g/mol. The number of carbonyl (C=O) groups is 2. The largest absolute Gasteiger partial charge is 0.463 e. The maximum Gasteiger partial charge on any atom is 0.453 e. The second-order valence-corrected chi connectivity index (χ2v) is 7.54. The molecule has 0 fully saturated rings. The molecule has 0 aliphatic carbocycles. The van der Waals surface area contributed by atoms with Gasteiger partial charge in [0.05, 0.1) is 20.3 Å². The van der Waals surface area contributed by atoms with Gasteiger partial charge in [-0.25, -0.2) is 9.59 Å². The van der Waals surface area contributed by atoms with Crippen LogP contribution >= 0.6 is 11.6 Å². The van der Waals surface area contributed by atoms with Crippen molar-refractivity contribution >= 4 is 23.5 Å². The molecule has 1 aliphatic heterocycles. The van der Waals surface area contributed by atoms with Crippen LogP contribution in [0.2, 0.25) is 5.02 Å². The zero-order valence-corrected chi connectivity index (χ0v) is 18.1. The predicted molar refractivity (Wildman–Crippen MR) is 112 cm³/mol. The standard InChI is InChI=1S/C22H24ClNO7/c1-13(24-12-17(25)15-6-4-5-7-16(15)23)10-14-8-9-18-19(11-14)31-22(30-18,20(26)28-2)21(27)29-3/h4-9,11,13,17,24-25H,10,12H2,1-3H3. The van der Waals surface area contributed by atoms with Gasteiger partial charge in [-0.15, -0.1) is 0 Å². The van der Waals surface area contributed by atoms with E-state index >= 15 is 0 Å². The summed E-state index contributed by atoms with van der Waals surface area (Å²) in [6, 6.07) is 12.3. The molecule has 0 bridgehead atoms. The van der Waals surface area contributed by atoms with E-state index in [4.69, 9.17) is 21.1 Å². The molecule has 0 saturated heterocycles. The molecule has 8 nitrogen and oxygen atoms in total. The van der Waals surface area contributed by atoms with Gasteiger partial charge < -0.3 is 29.4 Å². The number of hydrogen-bond acceptors (Lipinski definition) is 8. The van der Waals surface area contributed by atoms with Crippen LogP contribution in [0, 0.1) is 0 Å². The molecule has 2 aromatic rings. The van der Waals surface area contributed by atoms with Crippen LogP contribution in [0.3, 0.4) is 0 Å². The lowest BCUT2D eigenvalue weighted by Gasteiger charge is -2.21. The Morgan fingerprint density at radius 1 is 1.10 bits per heavy atom. The number of halogens is 1. The Labute approximate surface area is 185 Å². The van der Waals surface area contributed by atoms with Gasteiger partial charge in [-0.3, -0.25) is 0 Å². The molecule has 166 valence electrons. The SMILES string of the molecule is COC(=O)C1(C(=O)OC)Oc2ccc(CC(C)NCC(O)c3ccccc3Cl)cc2O1. The minimum Gasteiger partial charge on any atom is -0.463 e. The lowest BCUT2D eigenvalue weighted by atomic mass is 10.1. The van der Waals surface area contributed by atoms with Crippen LogP contribution in [0.15, 0.2) is 42.5 Å². The molecule has 31 heavy (non-hydrogen) atoms. The third-order valence-electron chi connectivity index (χ3n) is 4.89. The second kappa shape index (κ2) is 9.55. The van der Waals surface area contributed by atoms with E-state index in [1.165, 1.54) is 0 Å². The van der Waals surface area contributed by atoms with Gasteiger partial charge in [-0.05, 0) is 37.1 Å². The maximum atomic E-state index is 12.1. The highest BCUT2D eigenvalue weighted by atomic mass is 35.5. The fourth-order valence-electron chi connectivity index (χ4n) is 3.29. The van der Waals surface area contributed by atoms with E-state index in [1.54, 1.807) is 30.3 Å². The van der Waals surface area contributed by atoms with Crippen LogP contribution in [0.25, 0.3) is 0 Å². The summed E-state index contributed by atoms with van der Waals surface area (Å²) in [6.07, 6.45) is -0.149. The van der Waals surface area contributed by atoms with Crippen molar-refractivity contribution in [1.29, 1.82) is 0 Å². The number of rotatable bonds is 8. The van der Waals surface area contributed by atoms with Crippen LogP contribution in [0.5, 0.6) is 11.5 Å². The molecule has 1 heterocycles. The number of hydrogen-bond donors (Lipinski definition) is 2. The Balaban J connectivity index is 1.64. The zero-order chi connectivity index (χ0) is 22.6. The topological polar surface area (TPSA) is 103 Å². The number of benzene rings is 2. The van der Waals surface area contributed by atoms with E-state index in [-0.39, 0.29) is 17.5 Å². The van der Waals surface area contributed by atoms with Crippen LogP contribution in [0.4, 0.5) is 0 Å². The third kappa shape index (κ3) is 4.76. The molecule has 0 saturated carbocycles. The maximum absolute atomic E-state index is 12.1. The highest BCUT2D eigenvalue weighted by Crippen LogP contribution is 2.41. The normalized spacial score (nSPS) is 15.8. The Kier molecular flexibility index (Phi) is 7.04. The summed E-state index contributed by atoms with van der Waals surface area (Å²) in [5.74, 6) is -3.87. The van der Waals surface area contributed by atoms with Crippen LogP contribution in [-0.2, 0) is 25.5 Å². The first kappa shape index (κ1) is 22.9. The van der Waals surface area contributed by atoms with Crippen LogP contribution in [-0.4, -0.2) is 49.6 Å². The summed E-state index contributed by atoms with van der Waals surface area (Å²) in [7, 11) is 2.25. The van der Waals surface area contributed by atoms with Gasteiger partial charge in [0.2, 0.25) is 0 Å². The number of carbonyl (C=O) groups excluding carboxylic acids is 2. The zero-order valence-electron chi connectivity index (χ0n) is 17.4. The minimum atomic E-state index is -2.31. The van der Waals surface area contributed by atoms with Crippen LogP contribution in [0.1, 0.15) is 24.2 Å². The van der Waals surface area contributed by atoms with Crippen molar-refractivity contribution in [1.82, 2.24) is 5.32 Å². The number of aliphatic hydroxyl groups is 1. The average molecular weight is 450 g/mol. The average Bonchev–Trinajstić information content (AvgIpc) is 3.16. The number of esters is 2. The molecule has 0 radical (unpaired) electrons. The lowest BCUT2D eigenvalue weighted by molar-refractivity contribution is -0.199. The van der Waals surface area contributed by atoms with Gasteiger partial charge in [-0.2, -0.15) is 0 Å². The van der Waals surface area contributed by atoms with Gasteiger partial charge in [0, 0.05) is 23.2 Å². The minimum absolute atomic E-state index is 0.00322. The summed E-state index contributed by atoms with van der Waals surface area (Å²) in [5.41, 5.74) is 1.54. The van der Waals surface area contributed by atoms with Crippen LogP contribution < -0.4 is 14.8 Å². The predicted octanol–water partition coefficient (Wildman–Crippen LogP) is 2.41. The Morgan fingerprint density at radius 3 is 2.39 bits per heavy atom. The molecule has 0 spiro atoms. The van der Waals surface area contributed by atoms with Crippen molar-refractivity contribution in [3.63, 3.8) is 0 Å². The lowest BCUT2D eigenvalue weighted by Crippen LogP contribution is -2.55. The summed E-state index contributed by atoms with van der Waals surface area (Å²) in [6.45, 7) is 2.29. The first-order valence-corrected chi connectivity index (χ1v) is 10.0. The highest BCUT2D eigenvalue weighted by Gasteiger charge is 2.59. The number of ether oxygens (including phenoxy) is 4. The van der Waals surface area contributed by atoms with E-state index in [0.29, 0.717) is 23.6 Å². The summed E-state index contributed by atoms with van der Waals surface area (Å²) in [4.78, 5) is 24.3. The highest BCUT2D eigenvalue weighted by molar-refractivity contribution is 6.31. The number of fused-ring (bicyclic) bond motifs is 1. The molecule has 2 unspecified atom stereocenters. The molecule has 2 N–H and O–H groups in total. The van der Waals surface area contributed by atoms with Crippen molar-refractivity contribution < 1.29 is 33.6 Å². The van der Waals surface area contributed by atoms with Crippen molar-refractivity contribution in [3.8, 4) is 11.5 Å². The Morgan fingerprint density at radius 2 is 1.74 bits per heavy atom. The Bertz CT molecular complexity index is 949. The third-order valence-corrected chi connectivity index (χ3v) is 5.23. The van der Waals surface area contributed by atoms with E-state index < -0.39 is 23.8 Å². The van der Waals surface area contributed by atoms with Gasteiger partial charge in [0.25, 0.3) is 0 Å². The molecular weight excluding hydrogens is 426 g/mol. The molecule has 2 atom stereocenters. The van der Waals surface area contributed by atoms with Gasteiger partial charge in [-0.1, -0.05) is 35.9 Å². The molecular formula is C22H24ClNO7. The first-order valence-electron chi connectivity index (χ1n) is 9.64. The number of nitrogens with one attached hydrogen (secondary N) is 1. The van der Waals surface area contributed by atoms with E-state index in [9.17, 15) is 14.7 Å². The summed E-state index contributed by atoms with van der Waals surface area (Å²) >= 11 is 6.13. The van der Waals surface area contributed by atoms with E-state index in [0.717, 1.165) is 19.8 Å². The smallest absolute Gasteiger partial charge is 0.453 e. The quantitative estimate of drug-likeness (QED) is 0.468. The van der Waals surface area contributed by atoms with Crippen molar-refractivity contribution in [2.24, 2.45) is 0 Å². The van der Waals surface area contributed by atoms with Crippen molar-refractivity contribution in [2.45, 2.75) is 31.3 Å². The fraction of sp³-hybridized carbons (Fsp3) is 0.364. The fourth-order valence-corrected chi connectivity index (χ4v) is 3.55. The van der Waals surface area contributed by atoms with Gasteiger partial charge >= 0.3 is 17.7 Å². The Hall–Kier alpha value is -2.81. The molecule has 0 aromatic heterocycles. The van der Waals surface area contributed by atoms with Crippen molar-refractivity contribution in [3.05, 3.63) is 58.6 Å². The molecule has 3 rings (SSSR count).